The monoisotopic (exact) mass is 342 g/mol. The molecular formula is C18H22N4O3. The maximum atomic E-state index is 12.4. The van der Waals surface area contributed by atoms with Gasteiger partial charge in [0, 0.05) is 13.2 Å². The van der Waals surface area contributed by atoms with Gasteiger partial charge in [-0.3, -0.25) is 4.79 Å². The van der Waals surface area contributed by atoms with E-state index in [9.17, 15) is 4.79 Å². The average molecular weight is 342 g/mol. The summed E-state index contributed by atoms with van der Waals surface area (Å²) >= 11 is 0. The molecule has 2 heterocycles. The minimum absolute atomic E-state index is 0.221. The second-order valence-corrected chi connectivity index (χ2v) is 5.98. The van der Waals surface area contributed by atoms with Crippen molar-refractivity contribution in [1.82, 2.24) is 10.2 Å². The van der Waals surface area contributed by atoms with Crippen molar-refractivity contribution in [2.24, 2.45) is 0 Å². The molecule has 3 rings (SSSR count). The molecule has 1 aliphatic heterocycles. The number of rotatable bonds is 6. The van der Waals surface area contributed by atoms with Crippen LogP contribution in [-0.4, -0.2) is 42.5 Å². The van der Waals surface area contributed by atoms with Crippen LogP contribution in [-0.2, 0) is 4.74 Å². The number of anilines is 2. The van der Waals surface area contributed by atoms with Gasteiger partial charge in [0.15, 0.2) is 5.69 Å². The number of hydrogen-bond acceptors (Lipinski definition) is 6. The quantitative estimate of drug-likeness (QED) is 0.839. The van der Waals surface area contributed by atoms with Crippen molar-refractivity contribution in [2.75, 3.05) is 30.9 Å². The average Bonchev–Trinajstić information content (AvgIpc) is 3.14. The first-order chi connectivity index (χ1) is 12.2. The van der Waals surface area contributed by atoms with Gasteiger partial charge in [-0.05, 0) is 49.6 Å². The third-order valence-electron chi connectivity index (χ3n) is 4.04. The molecule has 2 aromatic rings. The van der Waals surface area contributed by atoms with Crippen LogP contribution in [0.15, 0.2) is 30.3 Å². The van der Waals surface area contributed by atoms with Crippen molar-refractivity contribution in [1.29, 1.82) is 0 Å². The zero-order valence-electron chi connectivity index (χ0n) is 14.4. The first kappa shape index (κ1) is 17.2. The van der Waals surface area contributed by atoms with Gasteiger partial charge in [0.05, 0.1) is 18.9 Å². The number of aromatic nitrogens is 2. The Labute approximate surface area is 146 Å². The molecule has 0 saturated carbocycles. The molecular weight excluding hydrogens is 320 g/mol. The lowest BCUT2D eigenvalue weighted by atomic mass is 10.2. The van der Waals surface area contributed by atoms with E-state index in [1.54, 1.807) is 19.2 Å². The van der Waals surface area contributed by atoms with Crippen LogP contribution in [0.3, 0.4) is 0 Å². The Bertz CT molecular complexity index is 728. The lowest BCUT2D eigenvalue weighted by Crippen LogP contribution is -2.20. The summed E-state index contributed by atoms with van der Waals surface area (Å²) in [7, 11) is 1.56. The van der Waals surface area contributed by atoms with Gasteiger partial charge in [0.2, 0.25) is 0 Å². The highest BCUT2D eigenvalue weighted by molar-refractivity contribution is 6.03. The van der Waals surface area contributed by atoms with E-state index in [1.807, 2.05) is 25.1 Å². The normalized spacial score (nSPS) is 16.5. The highest BCUT2D eigenvalue weighted by Crippen LogP contribution is 2.25. The molecule has 1 saturated heterocycles. The van der Waals surface area contributed by atoms with Crippen LogP contribution >= 0.6 is 0 Å². The number of carbonyl (C=O) groups excluding carboxylic acids is 1. The van der Waals surface area contributed by atoms with Crippen molar-refractivity contribution in [3.05, 3.63) is 41.6 Å². The van der Waals surface area contributed by atoms with Crippen LogP contribution in [0.25, 0.3) is 0 Å². The fourth-order valence-electron chi connectivity index (χ4n) is 2.68. The SMILES string of the molecule is COc1ccc(C)cc1NC(=O)c1ccc(NCC2CCCO2)nn1. The van der Waals surface area contributed by atoms with E-state index in [1.165, 1.54) is 0 Å². The van der Waals surface area contributed by atoms with Crippen LogP contribution < -0.4 is 15.4 Å². The molecule has 1 aliphatic rings. The number of hydrogen-bond donors (Lipinski definition) is 2. The Morgan fingerprint density at radius 1 is 1.32 bits per heavy atom. The zero-order chi connectivity index (χ0) is 17.6. The van der Waals surface area contributed by atoms with Crippen molar-refractivity contribution < 1.29 is 14.3 Å². The Balaban J connectivity index is 1.61. The predicted molar refractivity (Wildman–Crippen MR) is 95.2 cm³/mol. The largest absolute Gasteiger partial charge is 0.495 e. The number of carbonyl (C=O) groups is 1. The lowest BCUT2D eigenvalue weighted by Gasteiger charge is -2.12. The molecule has 25 heavy (non-hydrogen) atoms. The Kier molecular flexibility index (Phi) is 5.45. The molecule has 1 atom stereocenters. The van der Waals surface area contributed by atoms with E-state index in [2.05, 4.69) is 20.8 Å². The summed E-state index contributed by atoms with van der Waals surface area (Å²) in [5.41, 5.74) is 1.87. The van der Waals surface area contributed by atoms with Gasteiger partial charge in [0.25, 0.3) is 5.91 Å². The predicted octanol–water partition coefficient (Wildman–Crippen LogP) is 2.64. The van der Waals surface area contributed by atoms with Gasteiger partial charge in [-0.25, -0.2) is 0 Å². The Morgan fingerprint density at radius 3 is 2.88 bits per heavy atom. The summed E-state index contributed by atoms with van der Waals surface area (Å²) in [4.78, 5) is 12.4. The molecule has 0 radical (unpaired) electrons. The number of benzene rings is 1. The fraction of sp³-hybridized carbons (Fsp3) is 0.389. The van der Waals surface area contributed by atoms with Crippen molar-refractivity contribution in [3.63, 3.8) is 0 Å². The Hall–Kier alpha value is -2.67. The molecule has 0 spiro atoms. The number of aryl methyl sites for hydroxylation is 1. The number of nitrogens with one attached hydrogen (secondary N) is 2. The molecule has 7 nitrogen and oxygen atoms in total. The van der Waals surface area contributed by atoms with Crippen molar-refractivity contribution >= 4 is 17.4 Å². The first-order valence-electron chi connectivity index (χ1n) is 8.31. The van der Waals surface area contributed by atoms with Gasteiger partial charge >= 0.3 is 0 Å². The molecule has 1 aromatic carbocycles. The second kappa shape index (κ2) is 7.94. The van der Waals surface area contributed by atoms with Gasteiger partial charge in [-0.15, -0.1) is 10.2 Å². The lowest BCUT2D eigenvalue weighted by molar-refractivity contribution is 0.102. The van der Waals surface area contributed by atoms with Gasteiger partial charge < -0.3 is 20.1 Å². The van der Waals surface area contributed by atoms with Crippen LogP contribution in [0.5, 0.6) is 5.75 Å². The highest BCUT2D eigenvalue weighted by Gasteiger charge is 2.16. The van der Waals surface area contributed by atoms with Crippen LogP contribution in [0.2, 0.25) is 0 Å². The summed E-state index contributed by atoms with van der Waals surface area (Å²) < 4.78 is 10.8. The smallest absolute Gasteiger partial charge is 0.276 e. The van der Waals surface area contributed by atoms with Crippen LogP contribution in [0.4, 0.5) is 11.5 Å². The molecule has 0 aliphatic carbocycles. The summed E-state index contributed by atoms with van der Waals surface area (Å²) in [5.74, 6) is 0.893. The molecule has 7 heteroatoms. The van der Waals surface area contributed by atoms with Gasteiger partial charge in [0.1, 0.15) is 11.6 Å². The van der Waals surface area contributed by atoms with E-state index in [4.69, 9.17) is 9.47 Å². The third-order valence-corrected chi connectivity index (χ3v) is 4.04. The maximum Gasteiger partial charge on any atom is 0.276 e. The number of amides is 1. The maximum absolute atomic E-state index is 12.4. The number of nitrogens with zero attached hydrogens (tertiary/aromatic N) is 2. The zero-order valence-corrected chi connectivity index (χ0v) is 14.4. The van der Waals surface area contributed by atoms with Crippen molar-refractivity contribution in [3.8, 4) is 5.75 Å². The fourth-order valence-corrected chi connectivity index (χ4v) is 2.68. The molecule has 1 aromatic heterocycles. The highest BCUT2D eigenvalue weighted by atomic mass is 16.5. The van der Waals surface area contributed by atoms with E-state index in [-0.39, 0.29) is 17.7 Å². The standard InChI is InChI=1S/C18H22N4O3/c1-12-5-7-16(24-2)15(10-12)20-18(23)14-6-8-17(22-21-14)19-11-13-4-3-9-25-13/h5-8,10,13H,3-4,9,11H2,1-2H3,(H,19,22)(H,20,23). The third kappa shape index (κ3) is 4.45. The van der Waals surface area contributed by atoms with Crippen molar-refractivity contribution in [2.45, 2.75) is 25.9 Å². The summed E-state index contributed by atoms with van der Waals surface area (Å²) in [6.07, 6.45) is 2.37. The number of ether oxygens (including phenoxy) is 2. The minimum atomic E-state index is -0.331. The molecule has 1 amide bonds. The van der Waals surface area contributed by atoms with E-state index >= 15 is 0 Å². The van der Waals surface area contributed by atoms with Crippen LogP contribution in [0.1, 0.15) is 28.9 Å². The summed E-state index contributed by atoms with van der Waals surface area (Å²) in [5, 5.41) is 14.0. The topological polar surface area (TPSA) is 85.4 Å². The van der Waals surface area contributed by atoms with E-state index in [0.717, 1.165) is 25.0 Å². The van der Waals surface area contributed by atoms with Crippen LogP contribution in [0, 0.1) is 6.92 Å². The summed E-state index contributed by atoms with van der Waals surface area (Å²) in [6.45, 7) is 3.46. The first-order valence-corrected chi connectivity index (χ1v) is 8.31. The van der Waals surface area contributed by atoms with E-state index in [0.29, 0.717) is 23.8 Å². The number of methoxy groups -OCH3 is 1. The molecule has 1 fully saturated rings. The minimum Gasteiger partial charge on any atom is -0.495 e. The van der Waals surface area contributed by atoms with E-state index < -0.39 is 0 Å². The Morgan fingerprint density at radius 2 is 2.20 bits per heavy atom. The van der Waals surface area contributed by atoms with Gasteiger partial charge in [-0.2, -0.15) is 0 Å². The summed E-state index contributed by atoms with van der Waals surface area (Å²) in [6, 6.07) is 8.96. The molecule has 2 N–H and O–H groups in total. The molecule has 0 bridgehead atoms. The second-order valence-electron chi connectivity index (χ2n) is 5.98. The van der Waals surface area contributed by atoms with Gasteiger partial charge in [-0.1, -0.05) is 6.07 Å². The molecule has 1 unspecified atom stereocenters. The molecule has 132 valence electrons.